The smallest absolute Gasteiger partial charge is 0.0736 e. The third kappa shape index (κ3) is 9.82. The lowest BCUT2D eigenvalue weighted by molar-refractivity contribution is 1.31. The van der Waals surface area contributed by atoms with Crippen molar-refractivity contribution in [1.29, 1.82) is 0 Å². The molecular weight excluding hydrogens is 953 g/mol. The van der Waals surface area contributed by atoms with Gasteiger partial charge in [0.1, 0.15) is 0 Å². The van der Waals surface area contributed by atoms with Crippen molar-refractivity contribution in [2.24, 2.45) is 0 Å². The molecule has 4 aliphatic heterocycles. The third-order valence-corrected chi connectivity index (χ3v) is 13.6. The molecule has 6 aromatic heterocycles. The number of benzene rings is 4. The highest BCUT2D eigenvalue weighted by molar-refractivity contribution is 5.93. The van der Waals surface area contributed by atoms with Crippen LogP contribution in [0.4, 0.5) is 0 Å². The molecule has 78 heavy (non-hydrogen) atoms. The number of H-pyrrole nitrogens is 4. The van der Waals surface area contributed by atoms with Gasteiger partial charge in [-0.3, -0.25) is 0 Å². The van der Waals surface area contributed by atoms with Gasteiger partial charge in [0.15, 0.2) is 0 Å². The van der Waals surface area contributed by atoms with Crippen molar-refractivity contribution in [2.45, 2.75) is 0 Å². The molecule has 10 aromatic rings. The molecule has 0 atom stereocenters. The average molecular weight is 995 g/mol. The van der Waals surface area contributed by atoms with Gasteiger partial charge < -0.3 is 19.9 Å². The molecule has 0 aliphatic carbocycles. The number of aromatic amines is 4. The highest BCUT2D eigenvalue weighted by atomic mass is 14.8. The molecule has 8 heteroatoms. The molecule has 0 radical (unpaired) electrons. The van der Waals surface area contributed by atoms with E-state index in [1.54, 1.807) is 0 Å². The van der Waals surface area contributed by atoms with Crippen molar-refractivity contribution in [2.75, 3.05) is 0 Å². The summed E-state index contributed by atoms with van der Waals surface area (Å²) >= 11 is 0. The molecule has 0 unspecified atom stereocenters. The second-order valence-electron chi connectivity index (χ2n) is 19.2. The van der Waals surface area contributed by atoms with Crippen molar-refractivity contribution in [3.05, 3.63) is 261 Å². The first-order valence-electron chi connectivity index (χ1n) is 25.6. The second kappa shape index (κ2) is 19.6. The Balaban J connectivity index is 0.660. The summed E-state index contributed by atoms with van der Waals surface area (Å²) in [6.07, 6.45) is 16.4. The van der Waals surface area contributed by atoms with E-state index in [9.17, 15) is 0 Å². The molecule has 0 amide bonds. The van der Waals surface area contributed by atoms with Gasteiger partial charge in [-0.05, 0) is 217 Å². The summed E-state index contributed by atoms with van der Waals surface area (Å²) in [5.74, 6) is 20.0. The Morgan fingerprint density at radius 2 is 0.474 bits per heavy atom. The van der Waals surface area contributed by atoms with Gasteiger partial charge in [-0.25, -0.2) is 19.9 Å². The predicted octanol–water partition coefficient (Wildman–Crippen LogP) is 15.2. The molecule has 0 spiro atoms. The van der Waals surface area contributed by atoms with Crippen LogP contribution in [0, 0.1) is 35.5 Å². The van der Waals surface area contributed by atoms with Crippen molar-refractivity contribution in [3.63, 3.8) is 0 Å². The summed E-state index contributed by atoms with van der Waals surface area (Å²) in [5, 5.41) is 0. The number of hydrogen-bond acceptors (Lipinski definition) is 4. The van der Waals surface area contributed by atoms with Crippen LogP contribution in [-0.4, -0.2) is 39.9 Å². The zero-order valence-corrected chi connectivity index (χ0v) is 41.7. The van der Waals surface area contributed by atoms with Crippen LogP contribution < -0.4 is 0 Å². The maximum atomic E-state index is 5.05. The quantitative estimate of drug-likeness (QED) is 0.129. The van der Waals surface area contributed by atoms with Gasteiger partial charge in [0.25, 0.3) is 0 Å². The zero-order chi connectivity index (χ0) is 51.8. The number of aromatic nitrogens is 8. The van der Waals surface area contributed by atoms with Crippen LogP contribution in [0.2, 0.25) is 0 Å². The molecule has 14 rings (SSSR count). The minimum atomic E-state index is 0.875. The highest BCUT2D eigenvalue weighted by Crippen LogP contribution is 2.32. The largest absolute Gasteiger partial charge is 0.355 e. The average Bonchev–Trinajstić information content (AvgIpc) is 4.33. The van der Waals surface area contributed by atoms with E-state index in [1.807, 2.05) is 85.0 Å². The fourth-order valence-electron chi connectivity index (χ4n) is 9.77. The van der Waals surface area contributed by atoms with Crippen LogP contribution in [0.25, 0.3) is 115 Å². The highest BCUT2D eigenvalue weighted by Gasteiger charge is 2.13. The van der Waals surface area contributed by atoms with E-state index < -0.39 is 0 Å². The summed E-state index contributed by atoms with van der Waals surface area (Å²) in [5.41, 5.74) is 24.4. The van der Waals surface area contributed by atoms with E-state index >= 15 is 0 Å². The molecule has 0 saturated carbocycles. The van der Waals surface area contributed by atoms with Gasteiger partial charge in [0, 0.05) is 88.6 Å². The number of rotatable bonds is 2. The first-order valence-corrected chi connectivity index (χ1v) is 25.6. The number of nitrogens with zero attached hydrogens (tertiary/aromatic N) is 4. The van der Waals surface area contributed by atoms with Crippen LogP contribution in [-0.2, 0) is 0 Å². The van der Waals surface area contributed by atoms with Crippen LogP contribution in [0.1, 0.15) is 78.9 Å². The number of nitrogens with one attached hydrogen (secondary N) is 4. The summed E-state index contributed by atoms with van der Waals surface area (Å²) in [7, 11) is 0. The molecule has 362 valence electrons. The Labute approximate surface area is 449 Å². The maximum Gasteiger partial charge on any atom is 0.0736 e. The lowest BCUT2D eigenvalue weighted by Crippen LogP contribution is -1.86. The zero-order valence-electron chi connectivity index (χ0n) is 41.7. The normalized spacial score (nSPS) is 11.8. The Bertz CT molecular complexity index is 4460. The third-order valence-electron chi connectivity index (χ3n) is 13.6. The predicted molar refractivity (Wildman–Crippen MR) is 319 cm³/mol. The van der Waals surface area contributed by atoms with Gasteiger partial charge in [-0.2, -0.15) is 0 Å². The Morgan fingerprint density at radius 1 is 0.231 bits per heavy atom. The van der Waals surface area contributed by atoms with Crippen LogP contribution in [0.3, 0.4) is 0 Å². The standard InChI is InChI=1S/C70H42N8/c1(45-3-7-47(8-4-45)11-13-49-15-19-51(20-16-49)69-65-35-31-61(75-65)41-57-27-23-53(71-57)39-54-24-28-58(72-54)42-62-32-36-66(69)76-62)2-46-5-9-48(10-6-46)12-14-50-17-21-52(22-18-50)70-67-37-33-63(77-67)43-59-29-25-55(73-59)40-56-26-30-60(74-56)44-64-34-38-68(70)78-64/h3-10,15-44,71,73,76,78H. The summed E-state index contributed by atoms with van der Waals surface area (Å²) in [6, 6.07) is 61.7. The van der Waals surface area contributed by atoms with E-state index in [4.69, 9.17) is 19.9 Å². The first-order chi connectivity index (χ1) is 38.4. The molecule has 10 heterocycles. The molecule has 16 bridgehead atoms. The van der Waals surface area contributed by atoms with Crippen LogP contribution in [0.15, 0.2) is 182 Å². The van der Waals surface area contributed by atoms with Crippen molar-refractivity contribution in [3.8, 4) is 57.8 Å². The van der Waals surface area contributed by atoms with Crippen LogP contribution in [0.5, 0.6) is 0 Å². The number of fused-ring (bicyclic) bond motifs is 16. The maximum absolute atomic E-state index is 5.05. The Morgan fingerprint density at radius 3 is 0.782 bits per heavy atom. The molecule has 4 N–H and O–H groups in total. The topological polar surface area (TPSA) is 115 Å². The molecule has 8 nitrogen and oxygen atoms in total. The molecule has 4 aliphatic rings. The van der Waals surface area contributed by atoms with Crippen molar-refractivity contribution < 1.29 is 0 Å². The Hall–Kier alpha value is -11.2. The summed E-state index contributed by atoms with van der Waals surface area (Å²) in [4.78, 5) is 33.9. The summed E-state index contributed by atoms with van der Waals surface area (Å²) < 4.78 is 0. The fraction of sp³-hybridized carbons (Fsp3) is 0. The van der Waals surface area contributed by atoms with Crippen LogP contribution >= 0.6 is 0 Å². The monoisotopic (exact) mass is 994 g/mol. The first kappa shape index (κ1) is 45.4. The van der Waals surface area contributed by atoms with E-state index in [2.05, 4.69) is 201 Å². The van der Waals surface area contributed by atoms with E-state index in [0.29, 0.717) is 0 Å². The van der Waals surface area contributed by atoms with E-state index in [-0.39, 0.29) is 0 Å². The van der Waals surface area contributed by atoms with Gasteiger partial charge in [-0.15, -0.1) is 0 Å². The molecule has 0 saturated heterocycles. The SMILES string of the molecule is C(#Cc1ccc(C#Cc2ccc(-c3c4nc(cc5ccc(cc6nc(cc7ccc3[nH]7)C=C6)[nH]5)C=C4)cc2)cc1)c1ccc(C#Cc2ccc(-c3c4nc(cc5ccc(cc6nc(cc7ccc3[nH]7)C=C6)[nH]5)C=C4)cc2)cc1. The minimum Gasteiger partial charge on any atom is -0.355 e. The lowest BCUT2D eigenvalue weighted by atomic mass is 10.0. The van der Waals surface area contributed by atoms with Gasteiger partial charge in [0.05, 0.1) is 45.6 Å². The molecular formula is C70H42N8. The van der Waals surface area contributed by atoms with Crippen molar-refractivity contribution in [1.82, 2.24) is 39.9 Å². The van der Waals surface area contributed by atoms with E-state index in [1.165, 1.54) is 0 Å². The van der Waals surface area contributed by atoms with Crippen molar-refractivity contribution >= 4 is 92.7 Å². The Kier molecular flexibility index (Phi) is 11.4. The minimum absolute atomic E-state index is 0.875. The number of hydrogen-bond donors (Lipinski definition) is 4. The molecule has 4 aromatic carbocycles. The van der Waals surface area contributed by atoms with Gasteiger partial charge >= 0.3 is 0 Å². The van der Waals surface area contributed by atoms with E-state index in [0.717, 1.165) is 145 Å². The molecule has 0 fully saturated rings. The summed E-state index contributed by atoms with van der Waals surface area (Å²) in [6.45, 7) is 0. The second-order valence-corrected chi connectivity index (χ2v) is 19.2. The fourth-order valence-corrected chi connectivity index (χ4v) is 9.77. The van der Waals surface area contributed by atoms with Gasteiger partial charge in [-0.1, -0.05) is 59.8 Å². The van der Waals surface area contributed by atoms with Gasteiger partial charge in [0.2, 0.25) is 0 Å². The lowest BCUT2D eigenvalue weighted by Gasteiger charge is -2.04.